The summed E-state index contributed by atoms with van der Waals surface area (Å²) in [5, 5.41) is 6.25. The van der Waals surface area contributed by atoms with E-state index in [9.17, 15) is 4.39 Å². The van der Waals surface area contributed by atoms with E-state index in [1.807, 2.05) is 14.1 Å². The van der Waals surface area contributed by atoms with E-state index in [4.69, 9.17) is 0 Å². The van der Waals surface area contributed by atoms with Gasteiger partial charge in [-0.1, -0.05) is 6.07 Å². The number of hydrogen-bond donors (Lipinski definition) is 2. The Morgan fingerprint density at radius 1 is 1.15 bits per heavy atom. The van der Waals surface area contributed by atoms with Crippen LogP contribution >= 0.6 is 0 Å². The van der Waals surface area contributed by atoms with Crippen molar-refractivity contribution in [2.45, 2.75) is 0 Å². The Morgan fingerprint density at radius 2 is 1.95 bits per heavy atom. The normalized spacial score (nSPS) is 10.6. The summed E-state index contributed by atoms with van der Waals surface area (Å²) in [5.41, 5.74) is 0.656. The molecule has 0 radical (unpaired) electrons. The fourth-order valence-corrected chi connectivity index (χ4v) is 1.64. The highest BCUT2D eigenvalue weighted by molar-refractivity contribution is 5.58. The average molecular weight is 275 g/mol. The van der Waals surface area contributed by atoms with Crippen LogP contribution in [-0.2, 0) is 0 Å². The van der Waals surface area contributed by atoms with Crippen molar-refractivity contribution >= 4 is 17.3 Å². The first-order valence-corrected chi connectivity index (χ1v) is 6.37. The maximum absolute atomic E-state index is 13.1. The highest BCUT2D eigenvalue weighted by atomic mass is 19.1. The van der Waals surface area contributed by atoms with Gasteiger partial charge in [-0.25, -0.2) is 14.4 Å². The monoisotopic (exact) mass is 275 g/mol. The lowest BCUT2D eigenvalue weighted by atomic mass is 10.3. The number of aromatic nitrogens is 2. The summed E-state index contributed by atoms with van der Waals surface area (Å²) in [6.45, 7) is 1.71. The molecule has 0 aliphatic heterocycles. The molecule has 20 heavy (non-hydrogen) atoms. The molecule has 1 aromatic heterocycles. The van der Waals surface area contributed by atoms with Gasteiger partial charge in [-0.15, -0.1) is 0 Å². The second-order valence-electron chi connectivity index (χ2n) is 4.65. The Hall–Kier alpha value is -2.21. The number of benzene rings is 1. The van der Waals surface area contributed by atoms with E-state index in [1.54, 1.807) is 18.2 Å². The number of halogens is 1. The molecule has 1 aromatic carbocycles. The molecule has 0 bridgehead atoms. The molecule has 0 unspecified atom stereocenters. The third kappa shape index (κ3) is 4.47. The molecule has 0 aliphatic carbocycles. The minimum atomic E-state index is -0.284. The molecule has 0 saturated heterocycles. The molecule has 0 atom stereocenters. The van der Waals surface area contributed by atoms with Crippen molar-refractivity contribution in [3.8, 4) is 0 Å². The van der Waals surface area contributed by atoms with Crippen LogP contribution in [0.5, 0.6) is 0 Å². The van der Waals surface area contributed by atoms with Crippen molar-refractivity contribution in [3.05, 3.63) is 42.5 Å². The van der Waals surface area contributed by atoms with Crippen molar-refractivity contribution in [1.29, 1.82) is 0 Å². The molecular weight excluding hydrogens is 257 g/mol. The quantitative estimate of drug-likeness (QED) is 0.847. The van der Waals surface area contributed by atoms with E-state index in [1.165, 1.54) is 18.5 Å². The van der Waals surface area contributed by atoms with Crippen molar-refractivity contribution in [2.75, 3.05) is 37.8 Å². The second-order valence-corrected chi connectivity index (χ2v) is 4.65. The van der Waals surface area contributed by atoms with E-state index < -0.39 is 0 Å². The van der Waals surface area contributed by atoms with Crippen molar-refractivity contribution in [2.24, 2.45) is 0 Å². The smallest absolute Gasteiger partial charge is 0.135 e. The molecular formula is C14H18FN5. The molecule has 6 heteroatoms. The highest BCUT2D eigenvalue weighted by Gasteiger charge is 2.00. The van der Waals surface area contributed by atoms with Gasteiger partial charge in [0, 0.05) is 24.8 Å². The molecule has 1 heterocycles. The standard InChI is InChI=1S/C14H18FN5/c1-20(2)7-6-16-13-9-14(18-10-17-13)19-12-5-3-4-11(15)8-12/h3-5,8-10H,6-7H2,1-2H3,(H2,16,17,18,19). The summed E-state index contributed by atoms with van der Waals surface area (Å²) in [4.78, 5) is 10.3. The Morgan fingerprint density at radius 3 is 2.70 bits per heavy atom. The fourth-order valence-electron chi connectivity index (χ4n) is 1.64. The number of hydrogen-bond acceptors (Lipinski definition) is 5. The highest BCUT2D eigenvalue weighted by Crippen LogP contribution is 2.16. The van der Waals surface area contributed by atoms with Gasteiger partial charge >= 0.3 is 0 Å². The maximum Gasteiger partial charge on any atom is 0.135 e. The van der Waals surface area contributed by atoms with Crippen LogP contribution in [0.25, 0.3) is 0 Å². The van der Waals surface area contributed by atoms with Crippen molar-refractivity contribution in [1.82, 2.24) is 14.9 Å². The van der Waals surface area contributed by atoms with E-state index >= 15 is 0 Å². The van der Waals surface area contributed by atoms with E-state index in [-0.39, 0.29) is 5.82 Å². The minimum absolute atomic E-state index is 0.284. The predicted octanol–water partition coefficient (Wildman–Crippen LogP) is 2.33. The summed E-state index contributed by atoms with van der Waals surface area (Å²) in [5.74, 6) is 1.08. The van der Waals surface area contributed by atoms with Crippen LogP contribution in [0.15, 0.2) is 36.7 Å². The molecule has 0 aliphatic rings. The first-order valence-electron chi connectivity index (χ1n) is 6.37. The molecule has 5 nitrogen and oxygen atoms in total. The van der Waals surface area contributed by atoms with Gasteiger partial charge in [0.15, 0.2) is 0 Å². The summed E-state index contributed by atoms with van der Waals surface area (Å²) < 4.78 is 13.1. The molecule has 0 fully saturated rings. The number of likely N-dealkylation sites (N-methyl/N-ethyl adjacent to an activating group) is 1. The lowest BCUT2D eigenvalue weighted by Crippen LogP contribution is -2.21. The zero-order valence-corrected chi connectivity index (χ0v) is 11.6. The van der Waals surface area contributed by atoms with Crippen LogP contribution < -0.4 is 10.6 Å². The Balaban J connectivity index is 1.99. The van der Waals surface area contributed by atoms with E-state index in [0.29, 0.717) is 11.5 Å². The lowest BCUT2D eigenvalue weighted by molar-refractivity contribution is 0.425. The van der Waals surface area contributed by atoms with Crippen LogP contribution in [0.2, 0.25) is 0 Å². The molecule has 2 aromatic rings. The minimum Gasteiger partial charge on any atom is -0.369 e. The lowest BCUT2D eigenvalue weighted by Gasteiger charge is -2.11. The van der Waals surface area contributed by atoms with Crippen LogP contribution in [0, 0.1) is 5.82 Å². The number of nitrogens with zero attached hydrogens (tertiary/aromatic N) is 3. The van der Waals surface area contributed by atoms with E-state index in [0.717, 1.165) is 18.9 Å². The third-order valence-corrected chi connectivity index (χ3v) is 2.63. The Kier molecular flexibility index (Phi) is 4.84. The predicted molar refractivity (Wildman–Crippen MR) is 78.8 cm³/mol. The first-order chi connectivity index (χ1) is 9.63. The zero-order valence-electron chi connectivity index (χ0n) is 11.6. The SMILES string of the molecule is CN(C)CCNc1cc(Nc2cccc(F)c2)ncn1. The number of nitrogens with one attached hydrogen (secondary N) is 2. The van der Waals surface area contributed by atoms with Gasteiger partial charge in [-0.05, 0) is 32.3 Å². The Bertz CT molecular complexity index is 559. The first kappa shape index (κ1) is 14.2. The van der Waals surface area contributed by atoms with Crippen LogP contribution in [0.4, 0.5) is 21.7 Å². The van der Waals surface area contributed by atoms with Crippen molar-refractivity contribution < 1.29 is 4.39 Å². The topological polar surface area (TPSA) is 53.1 Å². The summed E-state index contributed by atoms with van der Waals surface area (Å²) in [6, 6.07) is 8.04. The van der Waals surface area contributed by atoms with Gasteiger partial charge in [0.05, 0.1) is 0 Å². The van der Waals surface area contributed by atoms with Gasteiger partial charge in [-0.2, -0.15) is 0 Å². The average Bonchev–Trinajstić information content (AvgIpc) is 2.39. The third-order valence-electron chi connectivity index (χ3n) is 2.63. The molecule has 2 rings (SSSR count). The molecule has 0 saturated carbocycles. The second kappa shape index (κ2) is 6.81. The van der Waals surface area contributed by atoms with Gasteiger partial charge in [0.1, 0.15) is 23.8 Å². The zero-order chi connectivity index (χ0) is 14.4. The summed E-state index contributed by atoms with van der Waals surface area (Å²) in [7, 11) is 4.02. The van der Waals surface area contributed by atoms with E-state index in [2.05, 4.69) is 25.5 Å². The number of anilines is 3. The van der Waals surface area contributed by atoms with Crippen LogP contribution in [0.1, 0.15) is 0 Å². The largest absolute Gasteiger partial charge is 0.369 e. The Labute approximate surface area is 117 Å². The summed E-state index contributed by atoms with van der Waals surface area (Å²) in [6.07, 6.45) is 1.47. The molecule has 0 amide bonds. The summed E-state index contributed by atoms with van der Waals surface area (Å²) >= 11 is 0. The fraction of sp³-hybridized carbons (Fsp3) is 0.286. The van der Waals surface area contributed by atoms with Gasteiger partial charge in [-0.3, -0.25) is 0 Å². The van der Waals surface area contributed by atoms with Gasteiger partial charge in [0.25, 0.3) is 0 Å². The van der Waals surface area contributed by atoms with Gasteiger partial charge < -0.3 is 15.5 Å². The maximum atomic E-state index is 13.1. The molecule has 2 N–H and O–H groups in total. The van der Waals surface area contributed by atoms with Crippen LogP contribution in [0.3, 0.4) is 0 Å². The molecule has 0 spiro atoms. The number of rotatable bonds is 6. The van der Waals surface area contributed by atoms with Crippen molar-refractivity contribution in [3.63, 3.8) is 0 Å². The van der Waals surface area contributed by atoms with Gasteiger partial charge in [0.2, 0.25) is 0 Å². The van der Waals surface area contributed by atoms with Crippen LogP contribution in [-0.4, -0.2) is 42.1 Å². The molecule has 106 valence electrons.